The van der Waals surface area contributed by atoms with Crippen molar-refractivity contribution in [2.45, 2.75) is 6.92 Å². The maximum atomic E-state index is 12.4. The van der Waals surface area contributed by atoms with Gasteiger partial charge in [0.05, 0.1) is 13.2 Å². The van der Waals surface area contributed by atoms with Crippen molar-refractivity contribution in [2.24, 2.45) is 0 Å². The molecule has 0 radical (unpaired) electrons. The maximum absolute atomic E-state index is 12.4. The van der Waals surface area contributed by atoms with E-state index in [1.165, 1.54) is 0 Å². The van der Waals surface area contributed by atoms with Crippen molar-refractivity contribution in [3.8, 4) is 0 Å². The number of anilines is 2. The van der Waals surface area contributed by atoms with Crippen LogP contribution in [-0.2, 0) is 4.74 Å². The van der Waals surface area contributed by atoms with E-state index < -0.39 is 0 Å². The number of morpholine rings is 1. The minimum atomic E-state index is -0.271. The number of carbonyl (C=O) groups is 1. The van der Waals surface area contributed by atoms with Gasteiger partial charge in [-0.1, -0.05) is 11.6 Å². The normalized spacial score (nSPS) is 14.6. The number of aromatic nitrogens is 2. The second kappa shape index (κ2) is 6.93. The first-order valence-corrected chi connectivity index (χ1v) is 7.75. The Morgan fingerprint density at radius 3 is 2.61 bits per heavy atom. The monoisotopic (exact) mass is 332 g/mol. The van der Waals surface area contributed by atoms with Crippen LogP contribution in [0.2, 0.25) is 5.02 Å². The predicted octanol–water partition coefficient (Wildman–Crippen LogP) is 2.53. The molecule has 0 spiro atoms. The van der Waals surface area contributed by atoms with E-state index in [2.05, 4.69) is 20.2 Å². The number of aryl methyl sites for hydroxylation is 1. The number of halogens is 1. The number of carbonyl (C=O) groups excluding carboxylic acids is 1. The molecule has 1 amide bonds. The second-order valence-corrected chi connectivity index (χ2v) is 5.66. The molecule has 1 fully saturated rings. The number of ether oxygens (including phenoxy) is 1. The standard InChI is InChI=1S/C16H17ClN4O2/c1-11-18-14(10-15(19-11)21-6-8-23-9-7-21)16(22)20-13-4-2-12(17)3-5-13/h2-5,10H,6-9H2,1H3,(H,20,22). The molecule has 6 nitrogen and oxygen atoms in total. The maximum Gasteiger partial charge on any atom is 0.274 e. The molecule has 1 aromatic carbocycles. The molecule has 3 rings (SSSR count). The van der Waals surface area contributed by atoms with Gasteiger partial charge in [0, 0.05) is 29.9 Å². The summed E-state index contributed by atoms with van der Waals surface area (Å²) in [4.78, 5) is 23.2. The van der Waals surface area contributed by atoms with Crippen LogP contribution in [-0.4, -0.2) is 42.2 Å². The largest absolute Gasteiger partial charge is 0.378 e. The fraction of sp³-hybridized carbons (Fsp3) is 0.312. The Kier molecular flexibility index (Phi) is 4.73. The summed E-state index contributed by atoms with van der Waals surface area (Å²) in [6, 6.07) is 8.65. The Morgan fingerprint density at radius 2 is 1.91 bits per heavy atom. The lowest BCUT2D eigenvalue weighted by Gasteiger charge is -2.28. The molecule has 1 aliphatic rings. The Hall–Kier alpha value is -2.18. The van der Waals surface area contributed by atoms with Gasteiger partial charge in [-0.25, -0.2) is 9.97 Å². The molecule has 0 unspecified atom stereocenters. The zero-order valence-electron chi connectivity index (χ0n) is 12.8. The first kappa shape index (κ1) is 15.7. The summed E-state index contributed by atoms with van der Waals surface area (Å²) in [6.07, 6.45) is 0. The van der Waals surface area contributed by atoms with Crippen LogP contribution in [0.5, 0.6) is 0 Å². The van der Waals surface area contributed by atoms with Gasteiger partial charge in [0.2, 0.25) is 0 Å². The third kappa shape index (κ3) is 3.97. The topological polar surface area (TPSA) is 67.4 Å². The van der Waals surface area contributed by atoms with Crippen molar-refractivity contribution in [2.75, 3.05) is 36.5 Å². The Morgan fingerprint density at radius 1 is 1.22 bits per heavy atom. The number of nitrogens with zero attached hydrogens (tertiary/aromatic N) is 3. The average Bonchev–Trinajstić information content (AvgIpc) is 2.57. The van der Waals surface area contributed by atoms with Crippen LogP contribution in [0.1, 0.15) is 16.3 Å². The van der Waals surface area contributed by atoms with Crippen LogP contribution in [0.3, 0.4) is 0 Å². The zero-order chi connectivity index (χ0) is 16.2. The van der Waals surface area contributed by atoms with Gasteiger partial charge in [-0.2, -0.15) is 0 Å². The highest BCUT2D eigenvalue weighted by Crippen LogP contribution is 2.17. The van der Waals surface area contributed by atoms with E-state index in [9.17, 15) is 4.79 Å². The van der Waals surface area contributed by atoms with E-state index in [4.69, 9.17) is 16.3 Å². The van der Waals surface area contributed by atoms with Gasteiger partial charge < -0.3 is 15.0 Å². The molecule has 2 heterocycles. The molecule has 120 valence electrons. The molecule has 2 aromatic rings. The predicted molar refractivity (Wildman–Crippen MR) is 89.2 cm³/mol. The van der Waals surface area contributed by atoms with E-state index >= 15 is 0 Å². The number of hydrogen-bond acceptors (Lipinski definition) is 5. The molecule has 23 heavy (non-hydrogen) atoms. The van der Waals surface area contributed by atoms with Gasteiger partial charge >= 0.3 is 0 Å². The van der Waals surface area contributed by atoms with Gasteiger partial charge in [0.15, 0.2) is 0 Å². The van der Waals surface area contributed by atoms with Gasteiger partial charge in [-0.3, -0.25) is 4.79 Å². The summed E-state index contributed by atoms with van der Waals surface area (Å²) < 4.78 is 5.34. The zero-order valence-corrected chi connectivity index (χ0v) is 13.5. The van der Waals surface area contributed by atoms with Crippen molar-refractivity contribution < 1.29 is 9.53 Å². The van der Waals surface area contributed by atoms with Crippen molar-refractivity contribution in [1.29, 1.82) is 0 Å². The molecule has 7 heteroatoms. The number of nitrogens with one attached hydrogen (secondary N) is 1. The lowest BCUT2D eigenvalue weighted by Crippen LogP contribution is -2.37. The second-order valence-electron chi connectivity index (χ2n) is 5.22. The molecule has 0 bridgehead atoms. The third-order valence-corrected chi connectivity index (χ3v) is 3.75. The minimum absolute atomic E-state index is 0.271. The highest BCUT2D eigenvalue weighted by atomic mass is 35.5. The first-order chi connectivity index (χ1) is 11.1. The lowest BCUT2D eigenvalue weighted by atomic mass is 10.3. The molecule has 1 saturated heterocycles. The quantitative estimate of drug-likeness (QED) is 0.935. The summed E-state index contributed by atoms with van der Waals surface area (Å²) in [5, 5.41) is 3.43. The van der Waals surface area contributed by atoms with Crippen LogP contribution in [0.25, 0.3) is 0 Å². The van der Waals surface area contributed by atoms with E-state index in [0.29, 0.717) is 35.4 Å². The van der Waals surface area contributed by atoms with Gasteiger partial charge in [0.1, 0.15) is 17.3 Å². The summed E-state index contributed by atoms with van der Waals surface area (Å²) in [6.45, 7) is 4.62. The summed E-state index contributed by atoms with van der Waals surface area (Å²) in [5.74, 6) is 1.05. The number of rotatable bonds is 3. The Balaban J connectivity index is 1.79. The molecule has 0 atom stereocenters. The van der Waals surface area contributed by atoms with Gasteiger partial charge in [0.25, 0.3) is 5.91 Å². The number of hydrogen-bond donors (Lipinski definition) is 1. The van der Waals surface area contributed by atoms with Crippen molar-refractivity contribution >= 4 is 29.0 Å². The van der Waals surface area contributed by atoms with Crippen LogP contribution >= 0.6 is 11.6 Å². The summed E-state index contributed by atoms with van der Waals surface area (Å²) >= 11 is 5.84. The fourth-order valence-corrected chi connectivity index (χ4v) is 2.48. The third-order valence-electron chi connectivity index (χ3n) is 3.49. The van der Waals surface area contributed by atoms with E-state index in [-0.39, 0.29) is 5.91 Å². The van der Waals surface area contributed by atoms with Crippen LogP contribution in [0.15, 0.2) is 30.3 Å². The van der Waals surface area contributed by atoms with E-state index in [0.717, 1.165) is 18.9 Å². The molecule has 1 aliphatic heterocycles. The summed E-state index contributed by atoms with van der Waals surface area (Å²) in [7, 11) is 0. The molecule has 0 saturated carbocycles. The fourth-order valence-electron chi connectivity index (χ4n) is 2.35. The van der Waals surface area contributed by atoms with Gasteiger partial charge in [-0.05, 0) is 31.2 Å². The minimum Gasteiger partial charge on any atom is -0.378 e. The number of benzene rings is 1. The van der Waals surface area contributed by atoms with Gasteiger partial charge in [-0.15, -0.1) is 0 Å². The van der Waals surface area contributed by atoms with E-state index in [1.807, 2.05) is 0 Å². The molecule has 1 aromatic heterocycles. The lowest BCUT2D eigenvalue weighted by molar-refractivity contribution is 0.102. The first-order valence-electron chi connectivity index (χ1n) is 7.37. The summed E-state index contributed by atoms with van der Waals surface area (Å²) in [5.41, 5.74) is 1.01. The Bertz CT molecular complexity index is 700. The molecule has 1 N–H and O–H groups in total. The highest BCUT2D eigenvalue weighted by Gasteiger charge is 2.17. The van der Waals surface area contributed by atoms with Crippen molar-refractivity contribution in [1.82, 2.24) is 9.97 Å². The van der Waals surface area contributed by atoms with Crippen LogP contribution in [0.4, 0.5) is 11.5 Å². The van der Waals surface area contributed by atoms with Crippen molar-refractivity contribution in [3.05, 3.63) is 46.9 Å². The Labute approximate surface area is 139 Å². The molecular formula is C16H17ClN4O2. The van der Waals surface area contributed by atoms with E-state index in [1.54, 1.807) is 37.3 Å². The molecular weight excluding hydrogens is 316 g/mol. The smallest absolute Gasteiger partial charge is 0.274 e. The van der Waals surface area contributed by atoms with Crippen LogP contribution in [0, 0.1) is 6.92 Å². The molecule has 0 aliphatic carbocycles. The SMILES string of the molecule is Cc1nc(C(=O)Nc2ccc(Cl)cc2)cc(N2CCOCC2)n1. The highest BCUT2D eigenvalue weighted by molar-refractivity contribution is 6.30. The van der Waals surface area contributed by atoms with Crippen molar-refractivity contribution in [3.63, 3.8) is 0 Å². The average molecular weight is 333 g/mol. The number of amides is 1. The van der Waals surface area contributed by atoms with Crippen LogP contribution < -0.4 is 10.2 Å².